The molecule has 0 aromatic heterocycles. The number of amides is 3. The molecule has 0 bridgehead atoms. The Morgan fingerprint density at radius 1 is 1.05 bits per heavy atom. The summed E-state index contributed by atoms with van der Waals surface area (Å²) in [4.78, 5) is 39.5. The zero-order chi connectivity index (χ0) is 28.2. The van der Waals surface area contributed by atoms with Crippen molar-refractivity contribution in [1.82, 2.24) is 4.90 Å². The number of likely N-dealkylation sites (tertiary alicyclic amines) is 1. The molecule has 2 fully saturated rings. The molecule has 8 heteroatoms. The number of carbonyl (C=O) groups is 3. The van der Waals surface area contributed by atoms with Crippen molar-refractivity contribution < 1.29 is 33.7 Å². The Labute approximate surface area is 234 Å². The Morgan fingerprint density at radius 2 is 1.80 bits per heavy atom. The summed E-state index contributed by atoms with van der Waals surface area (Å²) in [6.45, 7) is 2.74. The van der Waals surface area contributed by atoms with Crippen molar-refractivity contribution in [3.63, 3.8) is 0 Å². The van der Waals surface area contributed by atoms with Gasteiger partial charge in [0.05, 0.1) is 31.7 Å². The number of allylic oxidation sites excluding steroid dienone is 1. The van der Waals surface area contributed by atoms with E-state index in [1.807, 2.05) is 42.5 Å². The zero-order valence-electron chi connectivity index (χ0n) is 22.9. The molecular weight excluding hydrogens is 510 g/mol. The van der Waals surface area contributed by atoms with Crippen LogP contribution in [-0.4, -0.2) is 54.3 Å². The first-order valence-electron chi connectivity index (χ1n) is 13.9. The molecule has 4 atom stereocenters. The number of rotatable bonds is 9. The minimum Gasteiger partial charge on any atom is -0.508 e. The summed E-state index contributed by atoms with van der Waals surface area (Å²) in [7, 11) is 1.17. The second kappa shape index (κ2) is 12.1. The van der Waals surface area contributed by atoms with Gasteiger partial charge in [0.15, 0.2) is 0 Å². The van der Waals surface area contributed by atoms with Gasteiger partial charge in [0, 0.05) is 5.92 Å². The van der Waals surface area contributed by atoms with Crippen LogP contribution in [0, 0.1) is 17.8 Å². The molecule has 3 amide bonds. The van der Waals surface area contributed by atoms with Gasteiger partial charge in [-0.1, -0.05) is 55.3 Å². The maximum atomic E-state index is 13.3. The first-order valence-corrected chi connectivity index (χ1v) is 13.9. The second-order valence-electron chi connectivity index (χ2n) is 10.6. The number of benzene rings is 2. The molecule has 2 aliphatic heterocycles. The van der Waals surface area contributed by atoms with E-state index in [4.69, 9.17) is 14.2 Å². The van der Waals surface area contributed by atoms with E-state index >= 15 is 0 Å². The highest BCUT2D eigenvalue weighted by molar-refractivity contribution is 6.16. The predicted octanol–water partition coefficient (Wildman–Crippen LogP) is 5.52. The van der Waals surface area contributed by atoms with E-state index in [0.29, 0.717) is 17.9 Å². The third-order valence-corrected chi connectivity index (χ3v) is 8.08. The lowest BCUT2D eigenvalue weighted by atomic mass is 9.69. The number of aromatic hydroxyl groups is 1. The van der Waals surface area contributed by atoms with Crippen LogP contribution in [0.25, 0.3) is 6.08 Å². The Hall–Kier alpha value is -3.91. The molecule has 0 spiro atoms. The number of fused-ring (bicyclic) bond motifs is 3. The Bertz CT molecular complexity index is 1310. The van der Waals surface area contributed by atoms with Crippen molar-refractivity contribution in [3.8, 4) is 11.5 Å². The number of phenols is 1. The Morgan fingerprint density at radius 3 is 2.50 bits per heavy atom. The van der Waals surface area contributed by atoms with E-state index in [1.165, 1.54) is 12.7 Å². The van der Waals surface area contributed by atoms with Crippen molar-refractivity contribution >= 4 is 24.0 Å². The van der Waals surface area contributed by atoms with Crippen LogP contribution in [0.3, 0.4) is 0 Å². The summed E-state index contributed by atoms with van der Waals surface area (Å²) in [5.41, 5.74) is 4.30. The standard InChI is InChI=1S/C32H35NO7/c1-3-7-20(16-21-10-13-23(34)14-11-21)12-15-27-28-22(18-39-24-8-5-4-6-9-24)17-25-29(26(28)19-40-27)31(36)33(30(25)35)32(37)38-2/h4-6,8-11,13-14,16,25-27,29,34H,3,7,12,15,17-19H2,1-2H3/b20-16+/t25-,26+,27-,29-/m1/s1. The van der Waals surface area contributed by atoms with Gasteiger partial charge in [0.2, 0.25) is 11.8 Å². The average Bonchev–Trinajstić information content (AvgIpc) is 3.50. The van der Waals surface area contributed by atoms with Crippen LogP contribution < -0.4 is 4.74 Å². The number of nitrogens with zero attached hydrogens (tertiary/aromatic N) is 1. The van der Waals surface area contributed by atoms with Gasteiger partial charge < -0.3 is 19.3 Å². The largest absolute Gasteiger partial charge is 0.508 e. The number of methoxy groups -OCH3 is 1. The molecule has 1 aliphatic carbocycles. The molecule has 3 aliphatic rings. The van der Waals surface area contributed by atoms with E-state index in [1.54, 1.807) is 12.1 Å². The monoisotopic (exact) mass is 545 g/mol. The number of ether oxygens (including phenoxy) is 3. The summed E-state index contributed by atoms with van der Waals surface area (Å²) >= 11 is 0. The van der Waals surface area contributed by atoms with Gasteiger partial charge in [0.25, 0.3) is 0 Å². The lowest BCUT2D eigenvalue weighted by molar-refractivity contribution is -0.137. The molecule has 5 rings (SSSR count). The lowest BCUT2D eigenvalue weighted by Gasteiger charge is -2.31. The van der Waals surface area contributed by atoms with Gasteiger partial charge in [-0.05, 0) is 66.7 Å². The maximum absolute atomic E-state index is 13.3. The molecule has 0 saturated carbocycles. The molecule has 2 aromatic rings. The second-order valence-corrected chi connectivity index (χ2v) is 10.6. The first-order chi connectivity index (χ1) is 19.4. The van der Waals surface area contributed by atoms with Crippen LogP contribution in [-0.2, 0) is 19.1 Å². The zero-order valence-corrected chi connectivity index (χ0v) is 22.9. The van der Waals surface area contributed by atoms with E-state index in [9.17, 15) is 19.5 Å². The number of imide groups is 3. The molecule has 2 aromatic carbocycles. The molecule has 40 heavy (non-hydrogen) atoms. The molecular formula is C32H35NO7. The maximum Gasteiger partial charge on any atom is 0.423 e. The SMILES string of the molecule is CCC/C(=C\c1ccc(O)cc1)CC[C@H]1OC[C@H]2C1=C(COc1ccccc1)C[C@H]1C(=O)N(C(=O)OC)C(=O)[C@H]12. The van der Waals surface area contributed by atoms with Crippen LogP contribution in [0.4, 0.5) is 4.79 Å². The van der Waals surface area contributed by atoms with E-state index in [2.05, 4.69) is 13.0 Å². The summed E-state index contributed by atoms with van der Waals surface area (Å²) in [5, 5.41) is 9.63. The summed E-state index contributed by atoms with van der Waals surface area (Å²) in [6.07, 6.45) is 4.82. The van der Waals surface area contributed by atoms with Gasteiger partial charge in [-0.25, -0.2) is 4.79 Å². The van der Waals surface area contributed by atoms with Crippen LogP contribution in [0.1, 0.15) is 44.6 Å². The highest BCUT2D eigenvalue weighted by atomic mass is 16.5. The molecule has 2 heterocycles. The number of carbonyl (C=O) groups excluding carboxylic acids is 3. The fraction of sp³-hybridized carbons (Fsp3) is 0.406. The van der Waals surface area contributed by atoms with E-state index in [0.717, 1.165) is 48.1 Å². The van der Waals surface area contributed by atoms with Crippen LogP contribution in [0.2, 0.25) is 0 Å². The van der Waals surface area contributed by atoms with Crippen molar-refractivity contribution in [3.05, 3.63) is 76.9 Å². The van der Waals surface area contributed by atoms with Crippen molar-refractivity contribution in [2.75, 3.05) is 20.3 Å². The van der Waals surface area contributed by atoms with Crippen LogP contribution >= 0.6 is 0 Å². The van der Waals surface area contributed by atoms with Gasteiger partial charge >= 0.3 is 6.09 Å². The van der Waals surface area contributed by atoms with E-state index < -0.39 is 29.7 Å². The summed E-state index contributed by atoms with van der Waals surface area (Å²) in [6, 6.07) is 16.6. The van der Waals surface area contributed by atoms with Gasteiger partial charge in [0.1, 0.15) is 18.1 Å². The van der Waals surface area contributed by atoms with Crippen molar-refractivity contribution in [2.24, 2.45) is 17.8 Å². The Balaban J connectivity index is 1.41. The molecule has 0 unspecified atom stereocenters. The van der Waals surface area contributed by atoms with Gasteiger partial charge in [-0.15, -0.1) is 0 Å². The minimum atomic E-state index is -0.938. The third-order valence-electron chi connectivity index (χ3n) is 8.08. The fourth-order valence-electron chi connectivity index (χ4n) is 6.28. The number of phenolic OH excluding ortho intramolecular Hbond substituents is 1. The number of hydrogen-bond donors (Lipinski definition) is 1. The smallest absolute Gasteiger partial charge is 0.423 e. The molecule has 210 valence electrons. The minimum absolute atomic E-state index is 0.213. The topological polar surface area (TPSA) is 102 Å². The van der Waals surface area contributed by atoms with Gasteiger partial charge in [-0.2, -0.15) is 4.90 Å². The van der Waals surface area contributed by atoms with Crippen molar-refractivity contribution in [1.29, 1.82) is 0 Å². The molecule has 2 saturated heterocycles. The number of para-hydroxylation sites is 1. The average molecular weight is 546 g/mol. The van der Waals surface area contributed by atoms with E-state index in [-0.39, 0.29) is 24.4 Å². The third kappa shape index (κ3) is 5.54. The summed E-state index contributed by atoms with van der Waals surface area (Å²) in [5.74, 6) is -1.63. The highest BCUT2D eigenvalue weighted by Crippen LogP contribution is 2.50. The van der Waals surface area contributed by atoms with Crippen LogP contribution in [0.5, 0.6) is 11.5 Å². The summed E-state index contributed by atoms with van der Waals surface area (Å²) < 4.78 is 17.2. The Kier molecular flexibility index (Phi) is 8.35. The highest BCUT2D eigenvalue weighted by Gasteiger charge is 2.59. The lowest BCUT2D eigenvalue weighted by Crippen LogP contribution is -2.38. The number of hydrogen-bond acceptors (Lipinski definition) is 7. The molecule has 0 radical (unpaired) electrons. The molecule has 1 N–H and O–H groups in total. The normalized spacial score (nSPS) is 24.2. The van der Waals surface area contributed by atoms with Gasteiger partial charge in [-0.3, -0.25) is 9.59 Å². The van der Waals surface area contributed by atoms with Crippen molar-refractivity contribution in [2.45, 2.75) is 45.1 Å². The first kappa shape index (κ1) is 27.6. The quantitative estimate of drug-likeness (QED) is 0.327. The molecule has 8 nitrogen and oxygen atoms in total. The van der Waals surface area contributed by atoms with Crippen LogP contribution in [0.15, 0.2) is 71.3 Å². The fourth-order valence-corrected chi connectivity index (χ4v) is 6.28. The predicted molar refractivity (Wildman–Crippen MR) is 148 cm³/mol.